The molecular weight excluding hydrogens is 274 g/mol. The van der Waals surface area contributed by atoms with Crippen LogP contribution in [0.25, 0.3) is 0 Å². The van der Waals surface area contributed by atoms with Gasteiger partial charge >= 0.3 is 0 Å². The number of halogens is 1. The van der Waals surface area contributed by atoms with E-state index >= 15 is 0 Å². The number of rotatable bonds is 4. The normalized spacial score (nSPS) is 11.5. The molecule has 0 spiro atoms. The van der Waals surface area contributed by atoms with Crippen LogP contribution >= 0.6 is 11.6 Å². The third-order valence-corrected chi connectivity index (χ3v) is 3.06. The molecule has 2 aromatic rings. The first-order chi connectivity index (χ1) is 9.60. The number of nitriles is 1. The van der Waals surface area contributed by atoms with Gasteiger partial charge in [-0.1, -0.05) is 29.8 Å². The fourth-order valence-corrected chi connectivity index (χ4v) is 1.96. The number of aryl methyl sites for hydroxylation is 1. The van der Waals surface area contributed by atoms with Crippen molar-refractivity contribution in [1.29, 1.82) is 5.26 Å². The molecule has 0 aliphatic heterocycles. The SMILES string of the molecule is Cc1ccccc1OC(C)Oc1ccc(C#N)c(Cl)c1. The van der Waals surface area contributed by atoms with Crippen molar-refractivity contribution in [1.82, 2.24) is 0 Å². The molecule has 2 rings (SSSR count). The zero-order valence-electron chi connectivity index (χ0n) is 11.3. The Kier molecular flexibility index (Phi) is 4.49. The van der Waals surface area contributed by atoms with E-state index in [9.17, 15) is 0 Å². The van der Waals surface area contributed by atoms with E-state index in [4.69, 9.17) is 26.3 Å². The summed E-state index contributed by atoms with van der Waals surface area (Å²) in [6, 6.07) is 14.7. The zero-order valence-corrected chi connectivity index (χ0v) is 12.0. The van der Waals surface area contributed by atoms with Crippen LogP contribution in [0.5, 0.6) is 11.5 Å². The lowest BCUT2D eigenvalue weighted by Crippen LogP contribution is -2.20. The van der Waals surface area contributed by atoms with Gasteiger partial charge in [0, 0.05) is 13.0 Å². The minimum atomic E-state index is -0.458. The monoisotopic (exact) mass is 287 g/mol. The summed E-state index contributed by atoms with van der Waals surface area (Å²) in [6.07, 6.45) is -0.458. The van der Waals surface area contributed by atoms with Crippen LogP contribution in [0.1, 0.15) is 18.1 Å². The molecule has 4 heteroatoms. The third-order valence-electron chi connectivity index (χ3n) is 2.75. The number of hydrogen-bond acceptors (Lipinski definition) is 3. The lowest BCUT2D eigenvalue weighted by atomic mass is 10.2. The first kappa shape index (κ1) is 14.2. The van der Waals surface area contributed by atoms with E-state index in [1.165, 1.54) is 0 Å². The summed E-state index contributed by atoms with van der Waals surface area (Å²) < 4.78 is 11.4. The predicted octanol–water partition coefficient (Wildman–Crippen LogP) is 4.32. The van der Waals surface area contributed by atoms with E-state index in [1.54, 1.807) is 25.1 Å². The van der Waals surface area contributed by atoms with Crippen LogP contribution in [0, 0.1) is 18.3 Å². The maximum Gasteiger partial charge on any atom is 0.238 e. The van der Waals surface area contributed by atoms with Gasteiger partial charge in [-0.15, -0.1) is 0 Å². The van der Waals surface area contributed by atoms with E-state index in [1.807, 2.05) is 37.3 Å². The van der Waals surface area contributed by atoms with E-state index in [0.29, 0.717) is 16.3 Å². The maximum absolute atomic E-state index is 8.82. The molecule has 0 bridgehead atoms. The van der Waals surface area contributed by atoms with Gasteiger partial charge in [-0.25, -0.2) is 0 Å². The van der Waals surface area contributed by atoms with Crippen molar-refractivity contribution in [2.75, 3.05) is 0 Å². The first-order valence-corrected chi connectivity index (χ1v) is 6.56. The number of nitrogens with zero attached hydrogens (tertiary/aromatic N) is 1. The summed E-state index contributed by atoms with van der Waals surface area (Å²) in [7, 11) is 0. The second-order valence-electron chi connectivity index (χ2n) is 4.32. The van der Waals surface area contributed by atoms with E-state index in [2.05, 4.69) is 0 Å². The van der Waals surface area contributed by atoms with Crippen molar-refractivity contribution < 1.29 is 9.47 Å². The summed E-state index contributed by atoms with van der Waals surface area (Å²) in [6.45, 7) is 3.78. The van der Waals surface area contributed by atoms with Gasteiger partial charge in [-0.3, -0.25) is 0 Å². The standard InChI is InChI=1S/C16H14ClNO2/c1-11-5-3-4-6-16(11)20-12(2)19-14-8-7-13(10-18)15(17)9-14/h3-9,12H,1-2H3. The molecule has 0 aliphatic rings. The Hall–Kier alpha value is -2.18. The van der Waals surface area contributed by atoms with E-state index in [0.717, 1.165) is 11.3 Å². The van der Waals surface area contributed by atoms with Crippen molar-refractivity contribution in [3.05, 3.63) is 58.6 Å². The van der Waals surface area contributed by atoms with E-state index in [-0.39, 0.29) is 0 Å². The summed E-state index contributed by atoms with van der Waals surface area (Å²) in [5.74, 6) is 1.34. The molecule has 0 heterocycles. The van der Waals surface area contributed by atoms with Crippen LogP contribution in [-0.4, -0.2) is 6.29 Å². The Balaban J connectivity index is 2.05. The number of para-hydroxylation sites is 1. The topological polar surface area (TPSA) is 42.2 Å². The molecule has 3 nitrogen and oxygen atoms in total. The van der Waals surface area contributed by atoms with Gasteiger partial charge in [0.05, 0.1) is 10.6 Å². The van der Waals surface area contributed by atoms with Crippen LogP contribution in [0.15, 0.2) is 42.5 Å². The Morgan fingerprint density at radius 3 is 2.55 bits per heavy atom. The molecule has 0 radical (unpaired) electrons. The summed E-state index contributed by atoms with van der Waals surface area (Å²) in [5, 5.41) is 9.19. The molecule has 0 aromatic heterocycles. The summed E-state index contributed by atoms with van der Waals surface area (Å²) in [5.41, 5.74) is 1.47. The molecule has 0 amide bonds. The van der Waals surface area contributed by atoms with Crippen molar-refractivity contribution in [2.24, 2.45) is 0 Å². The molecule has 0 saturated heterocycles. The largest absolute Gasteiger partial charge is 0.455 e. The fraction of sp³-hybridized carbons (Fsp3) is 0.188. The molecular formula is C16H14ClNO2. The minimum absolute atomic E-state index is 0.369. The zero-order chi connectivity index (χ0) is 14.5. The van der Waals surface area contributed by atoms with Crippen molar-refractivity contribution >= 4 is 11.6 Å². The molecule has 1 unspecified atom stereocenters. The van der Waals surface area contributed by atoms with Gasteiger partial charge in [0.2, 0.25) is 6.29 Å². The van der Waals surface area contributed by atoms with Crippen LogP contribution in [-0.2, 0) is 0 Å². The van der Waals surface area contributed by atoms with Crippen LogP contribution in [0.3, 0.4) is 0 Å². The average molecular weight is 288 g/mol. The fourth-order valence-electron chi connectivity index (χ4n) is 1.74. The van der Waals surface area contributed by atoms with Crippen LogP contribution in [0.4, 0.5) is 0 Å². The van der Waals surface area contributed by atoms with Gasteiger partial charge in [-0.05, 0) is 30.7 Å². The number of benzene rings is 2. The maximum atomic E-state index is 8.82. The van der Waals surface area contributed by atoms with Crippen molar-refractivity contribution in [2.45, 2.75) is 20.1 Å². The molecule has 0 fully saturated rings. The second-order valence-corrected chi connectivity index (χ2v) is 4.73. The second kappa shape index (κ2) is 6.31. The molecule has 0 saturated carbocycles. The molecule has 2 aromatic carbocycles. The predicted molar refractivity (Wildman–Crippen MR) is 78.1 cm³/mol. The lowest BCUT2D eigenvalue weighted by Gasteiger charge is -2.18. The molecule has 20 heavy (non-hydrogen) atoms. The first-order valence-electron chi connectivity index (χ1n) is 6.18. The van der Waals surface area contributed by atoms with Gasteiger partial charge in [0.1, 0.15) is 17.6 Å². The highest BCUT2D eigenvalue weighted by molar-refractivity contribution is 6.31. The highest BCUT2D eigenvalue weighted by Crippen LogP contribution is 2.24. The van der Waals surface area contributed by atoms with Gasteiger partial charge in [0.15, 0.2) is 0 Å². The third kappa shape index (κ3) is 3.43. The van der Waals surface area contributed by atoms with Crippen molar-refractivity contribution in [3.63, 3.8) is 0 Å². The summed E-state index contributed by atoms with van der Waals surface area (Å²) in [4.78, 5) is 0. The Morgan fingerprint density at radius 1 is 1.15 bits per heavy atom. The quantitative estimate of drug-likeness (QED) is 0.786. The van der Waals surface area contributed by atoms with Gasteiger partial charge < -0.3 is 9.47 Å². The van der Waals surface area contributed by atoms with Crippen molar-refractivity contribution in [3.8, 4) is 17.6 Å². The molecule has 0 N–H and O–H groups in total. The molecule has 0 aliphatic carbocycles. The van der Waals surface area contributed by atoms with E-state index < -0.39 is 6.29 Å². The lowest BCUT2D eigenvalue weighted by molar-refractivity contribution is 0.0218. The average Bonchev–Trinajstić information content (AvgIpc) is 2.41. The Bertz CT molecular complexity index is 649. The Morgan fingerprint density at radius 2 is 1.90 bits per heavy atom. The molecule has 1 atom stereocenters. The van der Waals surface area contributed by atoms with Gasteiger partial charge in [0.25, 0.3) is 0 Å². The van der Waals surface area contributed by atoms with Crippen LogP contribution < -0.4 is 9.47 Å². The smallest absolute Gasteiger partial charge is 0.238 e. The highest BCUT2D eigenvalue weighted by Gasteiger charge is 2.09. The highest BCUT2D eigenvalue weighted by atomic mass is 35.5. The van der Waals surface area contributed by atoms with Gasteiger partial charge in [-0.2, -0.15) is 5.26 Å². The number of hydrogen-bond donors (Lipinski definition) is 0. The van der Waals surface area contributed by atoms with Crippen LogP contribution in [0.2, 0.25) is 5.02 Å². The Labute approximate surface area is 123 Å². The molecule has 102 valence electrons. The minimum Gasteiger partial charge on any atom is -0.455 e. The summed E-state index contributed by atoms with van der Waals surface area (Å²) >= 11 is 5.96. The number of ether oxygens (including phenoxy) is 2.